The van der Waals surface area contributed by atoms with E-state index in [9.17, 15) is 5.11 Å². The van der Waals surface area contributed by atoms with E-state index >= 15 is 0 Å². The Morgan fingerprint density at radius 1 is 1.44 bits per heavy atom. The third-order valence-electron chi connectivity index (χ3n) is 2.95. The molecule has 0 bridgehead atoms. The van der Waals surface area contributed by atoms with Gasteiger partial charge in [0, 0.05) is 22.2 Å². The second-order valence-electron chi connectivity index (χ2n) is 4.81. The maximum atomic E-state index is 9.78. The summed E-state index contributed by atoms with van der Waals surface area (Å²) in [6.07, 6.45) is 1.03. The van der Waals surface area contributed by atoms with Crippen LogP contribution >= 0.6 is 11.6 Å². The van der Waals surface area contributed by atoms with Crippen LogP contribution in [0.5, 0.6) is 5.75 Å². The van der Waals surface area contributed by atoms with E-state index in [2.05, 4.69) is 26.1 Å². The summed E-state index contributed by atoms with van der Waals surface area (Å²) in [6.45, 7) is 8.45. The fourth-order valence-corrected chi connectivity index (χ4v) is 1.82. The van der Waals surface area contributed by atoms with Gasteiger partial charge >= 0.3 is 0 Å². The first-order valence-electron chi connectivity index (χ1n) is 5.62. The van der Waals surface area contributed by atoms with Crippen molar-refractivity contribution < 1.29 is 5.11 Å². The van der Waals surface area contributed by atoms with Gasteiger partial charge in [0.15, 0.2) is 0 Å². The molecule has 1 aromatic rings. The highest BCUT2D eigenvalue weighted by atomic mass is 35.5. The van der Waals surface area contributed by atoms with Crippen LogP contribution in [-0.4, -0.2) is 10.6 Å². The van der Waals surface area contributed by atoms with Crippen molar-refractivity contribution in [1.29, 1.82) is 0 Å². The first-order chi connectivity index (χ1) is 7.35. The normalized spacial score (nSPS) is 13.8. The quantitative estimate of drug-likeness (QED) is 0.839. The van der Waals surface area contributed by atoms with Gasteiger partial charge in [-0.15, -0.1) is 0 Å². The van der Waals surface area contributed by atoms with Gasteiger partial charge in [-0.25, -0.2) is 0 Å². The van der Waals surface area contributed by atoms with Gasteiger partial charge in [0.2, 0.25) is 0 Å². The molecule has 0 aromatic heterocycles. The number of benzene rings is 1. The Morgan fingerprint density at radius 3 is 2.62 bits per heavy atom. The Balaban J connectivity index is 2.88. The number of nitrogens with one attached hydrogen (secondary N) is 1. The SMILES string of the molecule is CCC(C)(C)NC(C)c1cc(Cl)ccc1O. The van der Waals surface area contributed by atoms with E-state index in [1.54, 1.807) is 18.2 Å². The van der Waals surface area contributed by atoms with Crippen LogP contribution in [0, 0.1) is 0 Å². The average Bonchev–Trinajstić information content (AvgIpc) is 2.21. The number of halogens is 1. The highest BCUT2D eigenvalue weighted by molar-refractivity contribution is 6.30. The molecule has 1 rings (SSSR count). The second kappa shape index (κ2) is 5.07. The fraction of sp³-hybridized carbons (Fsp3) is 0.538. The van der Waals surface area contributed by atoms with Gasteiger partial charge in [-0.05, 0) is 45.4 Å². The van der Waals surface area contributed by atoms with Crippen LogP contribution in [-0.2, 0) is 0 Å². The molecule has 0 aliphatic rings. The standard InChI is InChI=1S/C13H20ClNO/c1-5-13(3,4)15-9(2)11-8-10(14)6-7-12(11)16/h6-9,15-16H,5H2,1-4H3. The van der Waals surface area contributed by atoms with Gasteiger partial charge in [-0.2, -0.15) is 0 Å². The average molecular weight is 242 g/mol. The van der Waals surface area contributed by atoms with Gasteiger partial charge in [-0.1, -0.05) is 18.5 Å². The molecular weight excluding hydrogens is 222 g/mol. The molecule has 90 valence electrons. The smallest absolute Gasteiger partial charge is 0.120 e. The highest BCUT2D eigenvalue weighted by Crippen LogP contribution is 2.28. The summed E-state index contributed by atoms with van der Waals surface area (Å²) in [7, 11) is 0. The first-order valence-corrected chi connectivity index (χ1v) is 5.99. The molecule has 1 aromatic carbocycles. The van der Waals surface area contributed by atoms with E-state index in [0.717, 1.165) is 12.0 Å². The second-order valence-corrected chi connectivity index (χ2v) is 5.24. The molecule has 2 nitrogen and oxygen atoms in total. The minimum Gasteiger partial charge on any atom is -0.508 e. The number of rotatable bonds is 4. The molecule has 0 saturated heterocycles. The molecule has 0 saturated carbocycles. The Kier molecular flexibility index (Phi) is 4.22. The minimum atomic E-state index is 0.0498. The molecule has 0 spiro atoms. The van der Waals surface area contributed by atoms with Crippen LogP contribution in [0.3, 0.4) is 0 Å². The minimum absolute atomic E-state index is 0.0498. The summed E-state index contributed by atoms with van der Waals surface area (Å²) in [6, 6.07) is 5.21. The summed E-state index contributed by atoms with van der Waals surface area (Å²) in [4.78, 5) is 0. The van der Waals surface area contributed by atoms with Crippen LogP contribution in [0.1, 0.15) is 45.7 Å². The fourth-order valence-electron chi connectivity index (χ4n) is 1.64. The van der Waals surface area contributed by atoms with Crippen molar-refractivity contribution in [1.82, 2.24) is 5.32 Å². The van der Waals surface area contributed by atoms with Crippen molar-refractivity contribution in [3.05, 3.63) is 28.8 Å². The first kappa shape index (κ1) is 13.3. The monoisotopic (exact) mass is 241 g/mol. The van der Waals surface area contributed by atoms with Gasteiger partial charge in [0.05, 0.1) is 0 Å². The van der Waals surface area contributed by atoms with Crippen LogP contribution < -0.4 is 5.32 Å². The van der Waals surface area contributed by atoms with E-state index in [4.69, 9.17) is 11.6 Å². The summed E-state index contributed by atoms with van der Waals surface area (Å²) < 4.78 is 0. The van der Waals surface area contributed by atoms with Crippen LogP contribution in [0.15, 0.2) is 18.2 Å². The van der Waals surface area contributed by atoms with E-state index < -0.39 is 0 Å². The van der Waals surface area contributed by atoms with Crippen molar-refractivity contribution in [3.8, 4) is 5.75 Å². The summed E-state index contributed by atoms with van der Waals surface area (Å²) in [5.74, 6) is 0.288. The molecule has 0 aliphatic carbocycles. The number of hydrogen-bond donors (Lipinski definition) is 2. The molecule has 16 heavy (non-hydrogen) atoms. The van der Waals surface area contributed by atoms with Gasteiger partial charge < -0.3 is 10.4 Å². The number of phenolic OH excluding ortho intramolecular Hbond substituents is 1. The third kappa shape index (κ3) is 3.39. The van der Waals surface area contributed by atoms with Gasteiger partial charge in [0.1, 0.15) is 5.75 Å². The van der Waals surface area contributed by atoms with Crippen LogP contribution in [0.25, 0.3) is 0 Å². The Bertz CT molecular complexity index is 363. The molecule has 0 aliphatic heterocycles. The summed E-state index contributed by atoms with van der Waals surface area (Å²) in [5.41, 5.74) is 0.891. The zero-order chi connectivity index (χ0) is 12.3. The lowest BCUT2D eigenvalue weighted by Gasteiger charge is -2.29. The van der Waals surface area contributed by atoms with Crippen molar-refractivity contribution in [3.63, 3.8) is 0 Å². The van der Waals surface area contributed by atoms with Crippen molar-refractivity contribution in [2.24, 2.45) is 0 Å². The Hall–Kier alpha value is -0.730. The predicted molar refractivity (Wildman–Crippen MR) is 69.0 cm³/mol. The predicted octanol–water partition coefficient (Wildman–Crippen LogP) is 3.88. The zero-order valence-corrected chi connectivity index (χ0v) is 11.1. The van der Waals surface area contributed by atoms with Crippen LogP contribution in [0.2, 0.25) is 5.02 Å². The van der Waals surface area contributed by atoms with Crippen molar-refractivity contribution in [2.75, 3.05) is 0 Å². The molecular formula is C13H20ClNO. The topological polar surface area (TPSA) is 32.3 Å². The molecule has 2 N–H and O–H groups in total. The van der Waals surface area contributed by atoms with Crippen molar-refractivity contribution >= 4 is 11.6 Å². The zero-order valence-electron chi connectivity index (χ0n) is 10.3. The van der Waals surface area contributed by atoms with Crippen LogP contribution in [0.4, 0.5) is 0 Å². The molecule has 0 amide bonds. The lowest BCUT2D eigenvalue weighted by atomic mass is 9.98. The molecule has 0 heterocycles. The maximum absolute atomic E-state index is 9.78. The third-order valence-corrected chi connectivity index (χ3v) is 3.18. The number of hydrogen-bond acceptors (Lipinski definition) is 2. The van der Waals surface area contributed by atoms with E-state index in [0.29, 0.717) is 5.02 Å². The maximum Gasteiger partial charge on any atom is 0.120 e. The van der Waals surface area contributed by atoms with E-state index in [-0.39, 0.29) is 17.3 Å². The molecule has 1 unspecified atom stereocenters. The van der Waals surface area contributed by atoms with E-state index in [1.807, 2.05) is 6.92 Å². The number of aromatic hydroxyl groups is 1. The summed E-state index contributed by atoms with van der Waals surface area (Å²) >= 11 is 5.93. The molecule has 0 radical (unpaired) electrons. The van der Waals surface area contributed by atoms with Gasteiger partial charge in [0.25, 0.3) is 0 Å². The summed E-state index contributed by atoms with van der Waals surface area (Å²) in [5, 5.41) is 13.9. The molecule has 1 atom stereocenters. The van der Waals surface area contributed by atoms with Crippen molar-refractivity contribution in [2.45, 2.75) is 45.7 Å². The highest BCUT2D eigenvalue weighted by Gasteiger charge is 2.20. The van der Waals surface area contributed by atoms with E-state index in [1.165, 1.54) is 0 Å². The lowest BCUT2D eigenvalue weighted by Crippen LogP contribution is -2.40. The lowest BCUT2D eigenvalue weighted by molar-refractivity contribution is 0.332. The van der Waals surface area contributed by atoms with Gasteiger partial charge in [-0.3, -0.25) is 0 Å². The number of phenols is 1. The largest absolute Gasteiger partial charge is 0.508 e. The molecule has 0 fully saturated rings. The Labute approximate surface area is 103 Å². The Morgan fingerprint density at radius 2 is 2.06 bits per heavy atom. The molecule has 3 heteroatoms.